The van der Waals surface area contributed by atoms with Gasteiger partial charge in [-0.15, -0.1) is 0 Å². The van der Waals surface area contributed by atoms with Crippen LogP contribution in [0.2, 0.25) is 10.0 Å². The number of fused-ring (bicyclic) bond motifs is 1. The van der Waals surface area contributed by atoms with Crippen LogP contribution in [-0.4, -0.2) is 23.6 Å². The van der Waals surface area contributed by atoms with Gasteiger partial charge in [0.1, 0.15) is 6.17 Å². The molecule has 2 N–H and O–H groups in total. The van der Waals surface area contributed by atoms with Crippen molar-refractivity contribution in [2.45, 2.75) is 13.1 Å². The van der Waals surface area contributed by atoms with Crippen molar-refractivity contribution in [3.8, 4) is 0 Å². The Balaban J connectivity index is 2.03. The number of hydrogen-bond donors (Lipinski definition) is 2. The lowest BCUT2D eigenvalue weighted by atomic mass is 10.0. The van der Waals surface area contributed by atoms with Crippen molar-refractivity contribution in [1.82, 2.24) is 10.4 Å². The molecule has 0 fully saturated rings. The number of anilines is 1. The highest BCUT2D eigenvalue weighted by Gasteiger charge is 2.35. The van der Waals surface area contributed by atoms with Crippen molar-refractivity contribution in [3.05, 3.63) is 63.6 Å². The van der Waals surface area contributed by atoms with Gasteiger partial charge in [0, 0.05) is 21.3 Å². The molecule has 0 bridgehead atoms. The Bertz CT molecular complexity index is 829. The predicted octanol–water partition coefficient (Wildman–Crippen LogP) is 4.22. The second-order valence-corrected chi connectivity index (χ2v) is 6.11. The summed E-state index contributed by atoms with van der Waals surface area (Å²) in [5, 5.41) is 5.21. The van der Waals surface area contributed by atoms with Gasteiger partial charge >= 0.3 is 6.09 Å². The summed E-state index contributed by atoms with van der Waals surface area (Å²) in [7, 11) is 0. The second-order valence-electron chi connectivity index (χ2n) is 5.27. The van der Waals surface area contributed by atoms with E-state index in [1.165, 1.54) is 0 Å². The van der Waals surface area contributed by atoms with E-state index in [4.69, 9.17) is 27.9 Å². The maximum Gasteiger partial charge on any atom is 0.426 e. The fourth-order valence-electron chi connectivity index (χ4n) is 2.57. The van der Waals surface area contributed by atoms with Crippen LogP contribution in [0.1, 0.15) is 29.0 Å². The monoisotopic (exact) mass is 379 g/mol. The van der Waals surface area contributed by atoms with Crippen LogP contribution in [0.3, 0.4) is 0 Å². The second kappa shape index (κ2) is 7.21. The minimum Gasteiger partial charge on any atom is -0.449 e. The molecule has 1 aliphatic rings. The Hall–Kier alpha value is -2.44. The molecule has 0 spiro atoms. The molecule has 0 radical (unpaired) electrons. The highest BCUT2D eigenvalue weighted by atomic mass is 35.5. The zero-order valence-corrected chi connectivity index (χ0v) is 14.8. The molecule has 2 aromatic carbocycles. The third kappa shape index (κ3) is 3.50. The predicted molar refractivity (Wildman–Crippen MR) is 95.6 cm³/mol. The maximum atomic E-state index is 12.9. The summed E-state index contributed by atoms with van der Waals surface area (Å²) >= 11 is 12.2. The molecule has 1 aliphatic heterocycles. The van der Waals surface area contributed by atoms with Crippen molar-refractivity contribution >= 4 is 40.9 Å². The average Bonchev–Trinajstić information content (AvgIpc) is 2.58. The molecule has 6 nitrogen and oxygen atoms in total. The number of para-hydroxylation sites is 1. The standard InChI is InChI=1S/C17H15Cl2N3O3/c1-2-25-17(24)21-22-15(11-8-7-10(18)9-13(11)19)20-14-6-4-3-5-12(14)16(22)23/h3-9,15,20H,2H2,1H3,(H,21,24)/t15-/m1/s1. The molecule has 0 saturated heterocycles. The lowest BCUT2D eigenvalue weighted by Crippen LogP contribution is -2.53. The fourth-order valence-corrected chi connectivity index (χ4v) is 3.08. The van der Waals surface area contributed by atoms with Gasteiger partial charge in [-0.05, 0) is 31.2 Å². The fraction of sp³-hybridized carbons (Fsp3) is 0.176. The Labute approximate surface area is 154 Å². The molecule has 1 heterocycles. The van der Waals surface area contributed by atoms with Gasteiger partial charge in [-0.25, -0.2) is 15.2 Å². The zero-order valence-electron chi connectivity index (χ0n) is 13.3. The largest absolute Gasteiger partial charge is 0.449 e. The van der Waals surface area contributed by atoms with Crippen LogP contribution in [0.4, 0.5) is 10.5 Å². The van der Waals surface area contributed by atoms with E-state index in [0.29, 0.717) is 26.9 Å². The number of nitrogens with zero attached hydrogens (tertiary/aromatic N) is 1. The number of halogens is 2. The lowest BCUT2D eigenvalue weighted by molar-refractivity contribution is 0.0507. The first-order valence-corrected chi connectivity index (χ1v) is 8.34. The normalized spacial score (nSPS) is 16.0. The van der Waals surface area contributed by atoms with Gasteiger partial charge in [-0.3, -0.25) is 4.79 Å². The average molecular weight is 380 g/mol. The van der Waals surface area contributed by atoms with Crippen LogP contribution >= 0.6 is 23.2 Å². The van der Waals surface area contributed by atoms with Gasteiger partial charge in [0.05, 0.1) is 12.2 Å². The lowest BCUT2D eigenvalue weighted by Gasteiger charge is -2.37. The summed E-state index contributed by atoms with van der Waals surface area (Å²) in [6, 6.07) is 12.0. The first kappa shape index (κ1) is 17.4. The molecule has 1 atom stereocenters. The summed E-state index contributed by atoms with van der Waals surface area (Å²) in [6.07, 6.45) is -1.44. The van der Waals surface area contributed by atoms with E-state index in [9.17, 15) is 9.59 Å². The highest BCUT2D eigenvalue weighted by molar-refractivity contribution is 6.35. The summed E-state index contributed by atoms with van der Waals surface area (Å²) in [4.78, 5) is 24.7. The summed E-state index contributed by atoms with van der Waals surface area (Å²) in [5.41, 5.74) is 4.13. The first-order valence-electron chi connectivity index (χ1n) is 7.58. The van der Waals surface area contributed by atoms with Crippen molar-refractivity contribution in [2.75, 3.05) is 11.9 Å². The minimum atomic E-state index is -0.730. The van der Waals surface area contributed by atoms with Crippen LogP contribution < -0.4 is 10.7 Å². The molecule has 2 aromatic rings. The smallest absolute Gasteiger partial charge is 0.426 e. The van der Waals surface area contributed by atoms with E-state index in [2.05, 4.69) is 10.7 Å². The third-order valence-corrected chi connectivity index (χ3v) is 4.23. The number of rotatable bonds is 3. The topological polar surface area (TPSA) is 70.7 Å². The molecular weight excluding hydrogens is 365 g/mol. The van der Waals surface area contributed by atoms with Gasteiger partial charge < -0.3 is 10.1 Å². The van der Waals surface area contributed by atoms with Crippen LogP contribution in [-0.2, 0) is 4.74 Å². The molecule has 3 rings (SSSR count). The molecule has 130 valence electrons. The van der Waals surface area contributed by atoms with E-state index < -0.39 is 12.3 Å². The number of hydrogen-bond acceptors (Lipinski definition) is 4. The van der Waals surface area contributed by atoms with Crippen LogP contribution in [0.15, 0.2) is 42.5 Å². The maximum absolute atomic E-state index is 12.9. The van der Waals surface area contributed by atoms with Crippen molar-refractivity contribution in [1.29, 1.82) is 0 Å². The molecule has 0 aliphatic carbocycles. The highest BCUT2D eigenvalue weighted by Crippen LogP contribution is 2.35. The quantitative estimate of drug-likeness (QED) is 0.837. The van der Waals surface area contributed by atoms with Gasteiger partial charge in [-0.2, -0.15) is 0 Å². The Morgan fingerprint density at radius 3 is 2.76 bits per heavy atom. The van der Waals surface area contributed by atoms with Crippen LogP contribution in [0, 0.1) is 0 Å². The number of nitrogens with one attached hydrogen (secondary N) is 2. The Kier molecular flexibility index (Phi) is 5.01. The van der Waals surface area contributed by atoms with Gasteiger partial charge in [-0.1, -0.05) is 41.4 Å². The summed E-state index contributed by atoms with van der Waals surface area (Å²) in [6.45, 7) is 1.86. The Morgan fingerprint density at radius 2 is 2.04 bits per heavy atom. The number of carbonyl (C=O) groups is 2. The molecule has 25 heavy (non-hydrogen) atoms. The van der Waals surface area contributed by atoms with E-state index >= 15 is 0 Å². The van der Waals surface area contributed by atoms with E-state index in [1.54, 1.807) is 43.3 Å². The number of benzene rings is 2. The Morgan fingerprint density at radius 1 is 1.28 bits per heavy atom. The summed E-state index contributed by atoms with van der Waals surface area (Å²) in [5.74, 6) is -0.376. The van der Waals surface area contributed by atoms with Gasteiger partial charge in [0.2, 0.25) is 0 Å². The molecule has 0 unspecified atom stereocenters. The van der Waals surface area contributed by atoms with E-state index in [0.717, 1.165) is 5.01 Å². The van der Waals surface area contributed by atoms with E-state index in [1.807, 2.05) is 6.07 Å². The summed E-state index contributed by atoms with van der Waals surface area (Å²) < 4.78 is 4.89. The van der Waals surface area contributed by atoms with Crippen molar-refractivity contribution < 1.29 is 14.3 Å². The molecular formula is C17H15Cl2N3O3. The number of ether oxygens (including phenoxy) is 1. The van der Waals surface area contributed by atoms with Crippen LogP contribution in [0.5, 0.6) is 0 Å². The number of carbonyl (C=O) groups excluding carboxylic acids is 2. The number of hydrazine groups is 1. The third-order valence-electron chi connectivity index (χ3n) is 3.67. The van der Waals surface area contributed by atoms with Gasteiger partial charge in [0.15, 0.2) is 0 Å². The SMILES string of the molecule is CCOC(=O)NN1C(=O)c2ccccc2N[C@H]1c1ccc(Cl)cc1Cl. The first-order chi connectivity index (χ1) is 12.0. The molecule has 2 amide bonds. The number of amides is 2. The van der Waals surface area contributed by atoms with Gasteiger partial charge in [0.25, 0.3) is 5.91 Å². The van der Waals surface area contributed by atoms with Crippen molar-refractivity contribution in [2.24, 2.45) is 0 Å². The van der Waals surface area contributed by atoms with Crippen molar-refractivity contribution in [3.63, 3.8) is 0 Å². The minimum absolute atomic E-state index is 0.185. The zero-order chi connectivity index (χ0) is 18.0. The molecule has 0 aromatic heterocycles. The molecule has 0 saturated carbocycles. The molecule has 8 heteroatoms. The van der Waals surface area contributed by atoms with E-state index in [-0.39, 0.29) is 12.5 Å². The van der Waals surface area contributed by atoms with Crippen LogP contribution in [0.25, 0.3) is 0 Å².